The summed E-state index contributed by atoms with van der Waals surface area (Å²) in [5, 5.41) is 7.58. The molecular weight excluding hydrogens is 360 g/mol. The van der Waals surface area contributed by atoms with Crippen LogP contribution in [0.4, 0.5) is 0 Å². The molecular formula is C24H24N4O. The van der Waals surface area contributed by atoms with Gasteiger partial charge in [-0.05, 0) is 42.7 Å². The minimum atomic E-state index is -0.130. The Labute approximate surface area is 170 Å². The molecule has 0 saturated carbocycles. The second kappa shape index (κ2) is 8.19. The molecule has 0 bridgehead atoms. The molecule has 1 N–H and O–H groups in total. The van der Waals surface area contributed by atoms with Gasteiger partial charge in [-0.2, -0.15) is 5.10 Å². The summed E-state index contributed by atoms with van der Waals surface area (Å²) in [4.78, 5) is 13.0. The Morgan fingerprint density at radius 2 is 1.69 bits per heavy atom. The molecule has 2 heterocycles. The van der Waals surface area contributed by atoms with Gasteiger partial charge in [0.25, 0.3) is 5.91 Å². The summed E-state index contributed by atoms with van der Waals surface area (Å²) < 4.78 is 3.72. The molecule has 5 heteroatoms. The monoisotopic (exact) mass is 384 g/mol. The summed E-state index contributed by atoms with van der Waals surface area (Å²) in [5.41, 5.74) is 3.84. The van der Waals surface area contributed by atoms with E-state index in [-0.39, 0.29) is 11.8 Å². The standard InChI is InChI=1S/C24H24N4O/c1-18-10-12-21(13-11-18)28-24(27-14-6-7-15-27)22(17-26-28)23(29)25-16-19(2)20-8-4-3-5-9-20/h3-15,17,19H,16H2,1-2H3,(H,25,29)/t19-/m1/s1. The first-order valence-electron chi connectivity index (χ1n) is 9.75. The van der Waals surface area contributed by atoms with Crippen molar-refractivity contribution in [1.82, 2.24) is 19.7 Å². The van der Waals surface area contributed by atoms with Crippen LogP contribution in [0, 0.1) is 6.92 Å². The van der Waals surface area contributed by atoms with E-state index in [9.17, 15) is 4.79 Å². The molecule has 0 spiro atoms. The molecule has 2 aromatic carbocycles. The number of hydrogen-bond donors (Lipinski definition) is 1. The van der Waals surface area contributed by atoms with Crippen molar-refractivity contribution in [2.75, 3.05) is 6.54 Å². The van der Waals surface area contributed by atoms with Crippen molar-refractivity contribution in [2.24, 2.45) is 0 Å². The molecule has 1 atom stereocenters. The Morgan fingerprint density at radius 1 is 1.00 bits per heavy atom. The summed E-state index contributed by atoms with van der Waals surface area (Å²) in [5.74, 6) is 0.820. The van der Waals surface area contributed by atoms with Crippen LogP contribution in [0.2, 0.25) is 0 Å². The van der Waals surface area contributed by atoms with E-state index in [1.165, 1.54) is 11.1 Å². The van der Waals surface area contributed by atoms with Crippen LogP contribution in [0.25, 0.3) is 11.5 Å². The van der Waals surface area contributed by atoms with E-state index < -0.39 is 0 Å². The van der Waals surface area contributed by atoms with E-state index in [1.54, 1.807) is 10.9 Å². The zero-order valence-corrected chi connectivity index (χ0v) is 16.6. The number of rotatable bonds is 6. The Balaban J connectivity index is 1.61. The highest BCUT2D eigenvalue weighted by Gasteiger charge is 2.20. The lowest BCUT2D eigenvalue weighted by molar-refractivity contribution is 0.0951. The van der Waals surface area contributed by atoms with Crippen molar-refractivity contribution < 1.29 is 4.79 Å². The molecule has 0 saturated heterocycles. The maximum atomic E-state index is 13.0. The van der Waals surface area contributed by atoms with E-state index >= 15 is 0 Å². The topological polar surface area (TPSA) is 51.9 Å². The summed E-state index contributed by atoms with van der Waals surface area (Å²) >= 11 is 0. The number of hydrogen-bond acceptors (Lipinski definition) is 2. The van der Waals surface area contributed by atoms with Crippen LogP contribution in [-0.2, 0) is 0 Å². The maximum absolute atomic E-state index is 13.0. The smallest absolute Gasteiger partial charge is 0.256 e. The van der Waals surface area contributed by atoms with E-state index in [0.717, 1.165) is 11.5 Å². The molecule has 29 heavy (non-hydrogen) atoms. The summed E-state index contributed by atoms with van der Waals surface area (Å²) in [6.45, 7) is 4.72. The van der Waals surface area contributed by atoms with Crippen molar-refractivity contribution in [1.29, 1.82) is 0 Å². The average molecular weight is 384 g/mol. The number of nitrogens with one attached hydrogen (secondary N) is 1. The number of aromatic nitrogens is 3. The van der Waals surface area contributed by atoms with Gasteiger partial charge in [0.2, 0.25) is 0 Å². The second-order valence-corrected chi connectivity index (χ2v) is 7.24. The third-order valence-electron chi connectivity index (χ3n) is 5.05. The highest BCUT2D eigenvalue weighted by atomic mass is 16.1. The first kappa shape index (κ1) is 18.7. The zero-order chi connectivity index (χ0) is 20.2. The van der Waals surface area contributed by atoms with E-state index in [0.29, 0.717) is 12.1 Å². The Bertz CT molecular complexity index is 1080. The molecule has 0 aliphatic carbocycles. The molecule has 2 aromatic heterocycles. The predicted molar refractivity (Wildman–Crippen MR) is 115 cm³/mol. The van der Waals surface area contributed by atoms with Crippen molar-refractivity contribution in [3.63, 3.8) is 0 Å². The first-order chi connectivity index (χ1) is 14.1. The van der Waals surface area contributed by atoms with Gasteiger partial charge in [0.15, 0.2) is 5.82 Å². The van der Waals surface area contributed by atoms with Crippen LogP contribution >= 0.6 is 0 Å². The quantitative estimate of drug-likeness (QED) is 0.532. The second-order valence-electron chi connectivity index (χ2n) is 7.24. The Kier molecular flexibility index (Phi) is 5.29. The van der Waals surface area contributed by atoms with Gasteiger partial charge in [-0.25, -0.2) is 4.68 Å². The van der Waals surface area contributed by atoms with E-state index in [1.807, 2.05) is 78.5 Å². The highest BCUT2D eigenvalue weighted by Crippen LogP contribution is 2.21. The van der Waals surface area contributed by atoms with Gasteiger partial charge in [0, 0.05) is 18.9 Å². The van der Waals surface area contributed by atoms with Crippen molar-refractivity contribution in [2.45, 2.75) is 19.8 Å². The van der Waals surface area contributed by atoms with Gasteiger partial charge in [-0.15, -0.1) is 0 Å². The van der Waals surface area contributed by atoms with Gasteiger partial charge in [-0.3, -0.25) is 4.79 Å². The van der Waals surface area contributed by atoms with E-state index in [4.69, 9.17) is 0 Å². The van der Waals surface area contributed by atoms with Crippen molar-refractivity contribution in [3.8, 4) is 11.5 Å². The highest BCUT2D eigenvalue weighted by molar-refractivity contribution is 5.97. The lowest BCUT2D eigenvalue weighted by Gasteiger charge is -2.14. The summed E-state index contributed by atoms with van der Waals surface area (Å²) in [6.07, 6.45) is 5.48. The number of aryl methyl sites for hydroxylation is 1. The lowest BCUT2D eigenvalue weighted by Crippen LogP contribution is -2.28. The molecule has 5 nitrogen and oxygen atoms in total. The third kappa shape index (κ3) is 3.99. The van der Waals surface area contributed by atoms with Crippen LogP contribution in [-0.4, -0.2) is 26.8 Å². The molecule has 146 valence electrons. The van der Waals surface area contributed by atoms with Crippen molar-refractivity contribution in [3.05, 3.63) is 102 Å². The normalized spacial score (nSPS) is 11.9. The molecule has 0 aliphatic rings. The van der Waals surface area contributed by atoms with Gasteiger partial charge in [0.05, 0.1) is 11.9 Å². The van der Waals surface area contributed by atoms with Gasteiger partial charge in [-0.1, -0.05) is 55.0 Å². The molecule has 4 aromatic rings. The Hall–Kier alpha value is -3.60. The molecule has 0 radical (unpaired) electrons. The van der Waals surface area contributed by atoms with Gasteiger partial charge in [0.1, 0.15) is 5.56 Å². The van der Waals surface area contributed by atoms with Crippen LogP contribution in [0.15, 0.2) is 85.3 Å². The number of amides is 1. The maximum Gasteiger partial charge on any atom is 0.256 e. The first-order valence-corrected chi connectivity index (χ1v) is 9.75. The zero-order valence-electron chi connectivity index (χ0n) is 16.6. The fourth-order valence-corrected chi connectivity index (χ4v) is 3.34. The summed E-state index contributed by atoms with van der Waals surface area (Å²) in [6, 6.07) is 22.2. The SMILES string of the molecule is Cc1ccc(-n2ncc(C(=O)NC[C@@H](C)c3ccccc3)c2-n2cccc2)cc1. The van der Waals surface area contributed by atoms with Crippen LogP contribution < -0.4 is 5.32 Å². The van der Waals surface area contributed by atoms with Crippen LogP contribution in [0.3, 0.4) is 0 Å². The number of carbonyl (C=O) groups excluding carboxylic acids is 1. The third-order valence-corrected chi connectivity index (χ3v) is 5.05. The fraction of sp³-hybridized carbons (Fsp3) is 0.167. The number of nitrogens with zero attached hydrogens (tertiary/aromatic N) is 3. The van der Waals surface area contributed by atoms with Crippen LogP contribution in [0.5, 0.6) is 0 Å². The average Bonchev–Trinajstić information content (AvgIpc) is 3.42. The minimum absolute atomic E-state index is 0.130. The summed E-state index contributed by atoms with van der Waals surface area (Å²) in [7, 11) is 0. The molecule has 0 fully saturated rings. The minimum Gasteiger partial charge on any atom is -0.351 e. The fourth-order valence-electron chi connectivity index (χ4n) is 3.34. The van der Waals surface area contributed by atoms with Gasteiger partial charge >= 0.3 is 0 Å². The van der Waals surface area contributed by atoms with Gasteiger partial charge < -0.3 is 9.88 Å². The van der Waals surface area contributed by atoms with Crippen molar-refractivity contribution >= 4 is 5.91 Å². The largest absolute Gasteiger partial charge is 0.351 e. The Morgan fingerprint density at radius 3 is 2.38 bits per heavy atom. The number of carbonyl (C=O) groups is 1. The lowest BCUT2D eigenvalue weighted by atomic mass is 10.0. The number of benzene rings is 2. The predicted octanol–water partition coefficient (Wildman–Crippen LogP) is 4.50. The molecule has 0 unspecified atom stereocenters. The molecule has 1 amide bonds. The molecule has 4 rings (SSSR count). The van der Waals surface area contributed by atoms with E-state index in [2.05, 4.69) is 29.5 Å². The van der Waals surface area contributed by atoms with Crippen LogP contribution in [0.1, 0.15) is 34.3 Å². The molecule has 0 aliphatic heterocycles.